The fraction of sp³-hybridized carbons (Fsp3) is 0. The molecular formula is H12O9P-. The number of rotatable bonds is 0. The Hall–Kier alpha value is -0.380. The van der Waals surface area contributed by atoms with E-state index in [-0.39, 0.29) is 32.9 Å². The molecule has 0 saturated carbocycles. The largest absolute Gasteiger partial charge is 0.744 e. The molecule has 0 aliphatic heterocycles. The predicted molar refractivity (Wildman–Crippen MR) is 30.0 cm³/mol. The van der Waals surface area contributed by atoms with E-state index in [0.29, 0.717) is 0 Å². The van der Waals surface area contributed by atoms with Gasteiger partial charge in [0, 0.05) is 0 Å². The maximum absolute atomic E-state index is 8.48. The molecule has 72 valence electrons. The van der Waals surface area contributed by atoms with Crippen LogP contribution in [0.4, 0.5) is 0 Å². The van der Waals surface area contributed by atoms with Crippen LogP contribution in [-0.4, -0.2) is 32.9 Å². The summed E-state index contributed by atoms with van der Waals surface area (Å²) in [6.45, 7) is 0. The molecule has 0 aromatic carbocycles. The molecule has 0 amide bonds. The van der Waals surface area contributed by atoms with Gasteiger partial charge in [-0.05, 0) is 0 Å². The van der Waals surface area contributed by atoms with Gasteiger partial charge in [0.2, 0.25) is 7.91 Å². The fourth-order valence-corrected chi connectivity index (χ4v) is 0. The third-order valence-corrected chi connectivity index (χ3v) is 0. The monoisotopic (exact) mass is 187 g/mol. The molecule has 0 aromatic rings. The average Bonchev–Trinajstić information content (AvgIpc) is 0.811. The van der Waals surface area contributed by atoms with Crippen molar-refractivity contribution in [3.63, 3.8) is 0 Å². The molecule has 0 rings (SSSR count). The highest BCUT2D eigenvalue weighted by Crippen LogP contribution is 1.74. The molecule has 10 heavy (non-hydrogen) atoms. The first kappa shape index (κ1) is 104. The third kappa shape index (κ3) is 2310. The smallest absolute Gasteiger partial charge is 0.250 e. The Bertz CT molecular complexity index is 53.1. The van der Waals surface area contributed by atoms with Crippen LogP contribution in [0.1, 0.15) is 0 Å². The maximum atomic E-state index is 8.48. The molecule has 0 heterocycles. The highest BCUT2D eigenvalue weighted by molar-refractivity contribution is 7.21. The minimum atomic E-state index is -3.37. The standard InChI is InChI=1S/HO3P.6H2O/c1-4(2)3;;;;;;/h(H,1,2,3);6*1H2/p-1. The van der Waals surface area contributed by atoms with E-state index in [0.717, 1.165) is 0 Å². The van der Waals surface area contributed by atoms with Crippen molar-refractivity contribution in [2.45, 2.75) is 0 Å². The van der Waals surface area contributed by atoms with Crippen LogP contribution in [0.15, 0.2) is 0 Å². The van der Waals surface area contributed by atoms with Crippen molar-refractivity contribution in [2.75, 3.05) is 0 Å². The molecule has 0 aromatic heterocycles. The van der Waals surface area contributed by atoms with Gasteiger partial charge in [0.25, 0.3) is 0 Å². The Morgan fingerprint density at radius 3 is 0.700 bits per heavy atom. The maximum Gasteiger partial charge on any atom is 0.250 e. The summed E-state index contributed by atoms with van der Waals surface area (Å²) < 4.78 is 17.0. The third-order valence-electron chi connectivity index (χ3n) is 0. The molecule has 0 spiro atoms. The van der Waals surface area contributed by atoms with Gasteiger partial charge >= 0.3 is 0 Å². The van der Waals surface area contributed by atoms with Gasteiger partial charge in [0.05, 0.1) is 0 Å². The van der Waals surface area contributed by atoms with Crippen LogP contribution in [0.25, 0.3) is 0 Å². The predicted octanol–water partition coefficient (Wildman–Crippen LogP) is -5.51. The summed E-state index contributed by atoms with van der Waals surface area (Å²) in [5, 5.41) is 0. The van der Waals surface area contributed by atoms with Crippen molar-refractivity contribution in [1.29, 1.82) is 0 Å². The van der Waals surface area contributed by atoms with Crippen molar-refractivity contribution < 1.29 is 46.9 Å². The Balaban J connectivity index is -0.00000000300. The van der Waals surface area contributed by atoms with Gasteiger partial charge in [-0.15, -0.1) is 0 Å². The summed E-state index contributed by atoms with van der Waals surface area (Å²) in [7, 11) is -3.37. The fourth-order valence-electron chi connectivity index (χ4n) is 0. The van der Waals surface area contributed by atoms with E-state index in [4.69, 9.17) is 14.0 Å². The zero-order valence-electron chi connectivity index (χ0n) is 4.67. The van der Waals surface area contributed by atoms with Crippen molar-refractivity contribution in [3.05, 3.63) is 0 Å². The van der Waals surface area contributed by atoms with Crippen LogP contribution in [0.3, 0.4) is 0 Å². The average molecular weight is 187 g/mol. The Morgan fingerprint density at radius 2 is 0.700 bits per heavy atom. The molecule has 9 nitrogen and oxygen atoms in total. The van der Waals surface area contributed by atoms with Crippen LogP contribution in [0, 0.1) is 0 Å². The second kappa shape index (κ2) is 72.9. The zero-order valence-corrected chi connectivity index (χ0v) is 5.57. The lowest BCUT2D eigenvalue weighted by Gasteiger charge is -1.62. The van der Waals surface area contributed by atoms with E-state index in [9.17, 15) is 0 Å². The van der Waals surface area contributed by atoms with Gasteiger partial charge < -0.3 is 37.8 Å². The van der Waals surface area contributed by atoms with Crippen LogP contribution in [0.2, 0.25) is 0 Å². The SMILES string of the molecule is O.O.O.O.O.O.O=P(=O)[O-]. The van der Waals surface area contributed by atoms with Gasteiger partial charge in [0.1, 0.15) is 0 Å². The minimum Gasteiger partial charge on any atom is -0.744 e. The number of hydrogen-bond donors (Lipinski definition) is 0. The zero-order chi connectivity index (χ0) is 3.58. The Labute approximate surface area is 56.0 Å². The van der Waals surface area contributed by atoms with Gasteiger partial charge in [-0.1, -0.05) is 0 Å². The van der Waals surface area contributed by atoms with Crippen LogP contribution >= 0.6 is 7.91 Å². The molecule has 10 heteroatoms. The minimum absolute atomic E-state index is 0. The van der Waals surface area contributed by atoms with E-state index in [2.05, 4.69) is 0 Å². The molecule has 0 saturated heterocycles. The van der Waals surface area contributed by atoms with Crippen LogP contribution in [-0.2, 0) is 9.13 Å². The Kier molecular flexibility index (Phi) is 759. The van der Waals surface area contributed by atoms with E-state index >= 15 is 0 Å². The summed E-state index contributed by atoms with van der Waals surface area (Å²) in [6.07, 6.45) is 0. The normalized spacial score (nSPS) is 2.50. The van der Waals surface area contributed by atoms with E-state index in [1.807, 2.05) is 0 Å². The molecule has 0 radical (unpaired) electrons. The van der Waals surface area contributed by atoms with Crippen molar-refractivity contribution >= 4 is 7.91 Å². The van der Waals surface area contributed by atoms with Crippen molar-refractivity contribution in [2.24, 2.45) is 0 Å². The molecule has 0 unspecified atom stereocenters. The highest BCUT2D eigenvalue weighted by atomic mass is 31.1. The molecule has 12 N–H and O–H groups in total. The summed E-state index contributed by atoms with van der Waals surface area (Å²) in [5.41, 5.74) is 0. The van der Waals surface area contributed by atoms with E-state index < -0.39 is 7.91 Å². The topological polar surface area (TPSA) is 246 Å². The highest BCUT2D eigenvalue weighted by Gasteiger charge is 1.35. The molecule has 0 atom stereocenters. The van der Waals surface area contributed by atoms with Crippen molar-refractivity contribution in [3.8, 4) is 0 Å². The van der Waals surface area contributed by atoms with Crippen molar-refractivity contribution in [1.82, 2.24) is 0 Å². The second-order valence-electron chi connectivity index (χ2n) is 0.224. The van der Waals surface area contributed by atoms with Gasteiger partial charge in [-0.2, -0.15) is 0 Å². The number of hydrogen-bond acceptors (Lipinski definition) is 3. The summed E-state index contributed by atoms with van der Waals surface area (Å²) in [6, 6.07) is 0. The summed E-state index contributed by atoms with van der Waals surface area (Å²) >= 11 is 0. The molecule has 0 fully saturated rings. The first-order valence-corrected chi connectivity index (χ1v) is 1.64. The lowest BCUT2D eigenvalue weighted by atomic mass is 15.9. The van der Waals surface area contributed by atoms with Crippen LogP contribution in [0.5, 0.6) is 0 Å². The summed E-state index contributed by atoms with van der Waals surface area (Å²) in [5.74, 6) is 0. The van der Waals surface area contributed by atoms with Crippen LogP contribution < -0.4 is 4.89 Å². The Morgan fingerprint density at radius 1 is 0.700 bits per heavy atom. The molecular weight excluding hydrogens is 175 g/mol. The van der Waals surface area contributed by atoms with Gasteiger partial charge in [0.15, 0.2) is 0 Å². The second-order valence-corrected chi connectivity index (χ2v) is 0.671. The summed E-state index contributed by atoms with van der Waals surface area (Å²) in [4.78, 5) is 8.48. The molecule has 0 aliphatic carbocycles. The van der Waals surface area contributed by atoms with Gasteiger partial charge in [-0.25, -0.2) is 0 Å². The van der Waals surface area contributed by atoms with Gasteiger partial charge in [-0.3, -0.25) is 9.13 Å². The first-order valence-electron chi connectivity index (χ1n) is 0.548. The van der Waals surface area contributed by atoms with E-state index in [1.54, 1.807) is 0 Å². The lowest BCUT2D eigenvalue weighted by molar-refractivity contribution is -0.168. The quantitative estimate of drug-likeness (QED) is 0.336. The first-order chi connectivity index (χ1) is 1.73. The molecule has 0 aliphatic rings. The molecule has 0 bridgehead atoms. The van der Waals surface area contributed by atoms with E-state index in [1.165, 1.54) is 0 Å². The lowest BCUT2D eigenvalue weighted by Crippen LogP contribution is -1.70.